The Morgan fingerprint density at radius 1 is 1.35 bits per heavy atom. The number of nitrogens with zero attached hydrogens (tertiary/aromatic N) is 1. The molecule has 106 valence electrons. The Morgan fingerprint density at radius 3 is 2.95 bits per heavy atom. The summed E-state index contributed by atoms with van der Waals surface area (Å²) in [4.78, 5) is 25.1. The van der Waals surface area contributed by atoms with E-state index in [0.29, 0.717) is 22.8 Å². The van der Waals surface area contributed by atoms with E-state index in [1.54, 1.807) is 12.1 Å². The van der Waals surface area contributed by atoms with E-state index in [1.807, 2.05) is 4.90 Å². The van der Waals surface area contributed by atoms with Crippen LogP contribution in [0.1, 0.15) is 18.0 Å². The van der Waals surface area contributed by atoms with Gasteiger partial charge in [0.15, 0.2) is 0 Å². The number of hydrogen-bond acceptors (Lipinski definition) is 4. The van der Waals surface area contributed by atoms with Crippen molar-refractivity contribution in [3.63, 3.8) is 0 Å². The number of nitrogens with two attached hydrogens (primary N) is 1. The second-order valence-corrected chi connectivity index (χ2v) is 5.39. The highest BCUT2D eigenvalue weighted by Crippen LogP contribution is 2.38. The van der Waals surface area contributed by atoms with Crippen LogP contribution in [0.5, 0.6) is 0 Å². The SMILES string of the molecule is NC1C(=O)Nc2cc(N3CCCNC(=O)C3)c(Cl)cc21. The average molecular weight is 295 g/mol. The molecule has 0 bridgehead atoms. The number of benzene rings is 1. The molecule has 0 radical (unpaired) electrons. The van der Waals surface area contributed by atoms with Gasteiger partial charge in [0, 0.05) is 24.3 Å². The van der Waals surface area contributed by atoms with E-state index in [4.69, 9.17) is 17.3 Å². The van der Waals surface area contributed by atoms with Crippen molar-refractivity contribution in [3.05, 3.63) is 22.7 Å². The Hall–Kier alpha value is -1.79. The molecule has 1 fully saturated rings. The summed E-state index contributed by atoms with van der Waals surface area (Å²) in [5, 5.41) is 6.05. The summed E-state index contributed by atoms with van der Waals surface area (Å²) in [7, 11) is 0. The molecule has 1 aromatic carbocycles. The van der Waals surface area contributed by atoms with Crippen LogP contribution in [0.2, 0.25) is 5.02 Å². The normalized spacial score (nSPS) is 22.1. The van der Waals surface area contributed by atoms with Gasteiger partial charge in [-0.2, -0.15) is 0 Å². The molecule has 0 aliphatic carbocycles. The largest absolute Gasteiger partial charge is 0.361 e. The number of hydrogen-bond donors (Lipinski definition) is 3. The number of anilines is 2. The lowest BCUT2D eigenvalue weighted by Crippen LogP contribution is -2.33. The highest BCUT2D eigenvalue weighted by molar-refractivity contribution is 6.33. The smallest absolute Gasteiger partial charge is 0.245 e. The summed E-state index contributed by atoms with van der Waals surface area (Å²) in [6, 6.07) is 2.82. The van der Waals surface area contributed by atoms with Crippen LogP contribution in [0.15, 0.2) is 12.1 Å². The predicted molar refractivity (Wildman–Crippen MR) is 76.8 cm³/mol. The second-order valence-electron chi connectivity index (χ2n) is 4.98. The zero-order valence-electron chi connectivity index (χ0n) is 10.8. The standard InChI is InChI=1S/C13H15ClN4O2/c14-8-4-7-9(17-13(20)12(7)15)5-10(8)18-3-1-2-16-11(19)6-18/h4-5,12H,1-3,6,15H2,(H,16,19)(H,17,20). The lowest BCUT2D eigenvalue weighted by molar-refractivity contribution is -0.119. The Balaban J connectivity index is 1.97. The van der Waals surface area contributed by atoms with Gasteiger partial charge in [0.25, 0.3) is 0 Å². The van der Waals surface area contributed by atoms with Gasteiger partial charge in [-0.05, 0) is 18.6 Å². The molecule has 1 atom stereocenters. The Morgan fingerprint density at radius 2 is 2.15 bits per heavy atom. The van der Waals surface area contributed by atoms with E-state index in [2.05, 4.69) is 10.6 Å². The minimum Gasteiger partial charge on any atom is -0.361 e. The van der Waals surface area contributed by atoms with Gasteiger partial charge >= 0.3 is 0 Å². The molecule has 2 aliphatic heterocycles. The molecule has 0 saturated carbocycles. The molecule has 2 heterocycles. The van der Waals surface area contributed by atoms with Crippen LogP contribution in [0.25, 0.3) is 0 Å². The maximum Gasteiger partial charge on any atom is 0.245 e. The molecule has 1 unspecified atom stereocenters. The molecule has 1 saturated heterocycles. The fourth-order valence-electron chi connectivity index (χ4n) is 2.55. The van der Waals surface area contributed by atoms with Crippen LogP contribution in [-0.4, -0.2) is 31.4 Å². The Labute approximate surface area is 121 Å². The molecule has 4 N–H and O–H groups in total. The van der Waals surface area contributed by atoms with E-state index in [1.165, 1.54) is 0 Å². The molecule has 6 nitrogen and oxygen atoms in total. The first-order valence-corrected chi connectivity index (χ1v) is 6.85. The van der Waals surface area contributed by atoms with Crippen LogP contribution in [0, 0.1) is 0 Å². The van der Waals surface area contributed by atoms with Gasteiger partial charge in [-0.15, -0.1) is 0 Å². The number of rotatable bonds is 1. The van der Waals surface area contributed by atoms with E-state index >= 15 is 0 Å². The van der Waals surface area contributed by atoms with Crippen LogP contribution in [-0.2, 0) is 9.59 Å². The van der Waals surface area contributed by atoms with E-state index < -0.39 is 6.04 Å². The van der Waals surface area contributed by atoms with Crippen molar-refractivity contribution in [2.75, 3.05) is 29.9 Å². The van der Waals surface area contributed by atoms with Crippen molar-refractivity contribution >= 4 is 34.8 Å². The van der Waals surface area contributed by atoms with Gasteiger partial charge < -0.3 is 21.3 Å². The highest BCUT2D eigenvalue weighted by Gasteiger charge is 2.29. The summed E-state index contributed by atoms with van der Waals surface area (Å²) in [6.07, 6.45) is 0.852. The number of amides is 2. The molecule has 2 amide bonds. The Kier molecular flexibility index (Phi) is 3.27. The van der Waals surface area contributed by atoms with Crippen molar-refractivity contribution < 1.29 is 9.59 Å². The predicted octanol–water partition coefficient (Wildman–Crippen LogP) is 0.618. The lowest BCUT2D eigenvalue weighted by atomic mass is 10.1. The van der Waals surface area contributed by atoms with E-state index in [0.717, 1.165) is 18.7 Å². The van der Waals surface area contributed by atoms with Gasteiger partial charge in [-0.1, -0.05) is 11.6 Å². The third-order valence-electron chi connectivity index (χ3n) is 3.60. The first kappa shape index (κ1) is 13.2. The Bertz CT molecular complexity index is 590. The van der Waals surface area contributed by atoms with Crippen LogP contribution in [0.3, 0.4) is 0 Å². The first-order valence-electron chi connectivity index (χ1n) is 6.48. The fourth-order valence-corrected chi connectivity index (χ4v) is 2.84. The lowest BCUT2D eigenvalue weighted by Gasteiger charge is -2.23. The molecule has 7 heteroatoms. The number of carbonyl (C=O) groups is 2. The fraction of sp³-hybridized carbons (Fsp3) is 0.385. The van der Waals surface area contributed by atoms with Gasteiger partial charge in [0.1, 0.15) is 6.04 Å². The molecule has 0 spiro atoms. The summed E-state index contributed by atoms with van der Waals surface area (Å²) in [5.74, 6) is -0.262. The molecule has 20 heavy (non-hydrogen) atoms. The molecule has 0 aromatic heterocycles. The summed E-state index contributed by atoms with van der Waals surface area (Å²) >= 11 is 6.29. The van der Waals surface area contributed by atoms with Crippen molar-refractivity contribution in [1.29, 1.82) is 0 Å². The van der Waals surface area contributed by atoms with Gasteiger partial charge in [-0.3, -0.25) is 9.59 Å². The van der Waals surface area contributed by atoms with E-state index in [9.17, 15) is 9.59 Å². The number of fused-ring (bicyclic) bond motifs is 1. The topological polar surface area (TPSA) is 87.5 Å². The second kappa shape index (κ2) is 4.96. The maximum atomic E-state index is 11.6. The monoisotopic (exact) mass is 294 g/mol. The quantitative estimate of drug-likeness (QED) is 0.708. The molecule has 3 rings (SSSR count). The molecular weight excluding hydrogens is 280 g/mol. The minimum atomic E-state index is -0.677. The third-order valence-corrected chi connectivity index (χ3v) is 3.90. The van der Waals surface area contributed by atoms with Crippen LogP contribution < -0.4 is 21.3 Å². The van der Waals surface area contributed by atoms with Gasteiger partial charge in [0.05, 0.1) is 17.3 Å². The summed E-state index contributed by atoms with van der Waals surface area (Å²) in [6.45, 7) is 1.66. The van der Waals surface area contributed by atoms with Gasteiger partial charge in [-0.25, -0.2) is 0 Å². The van der Waals surface area contributed by atoms with E-state index in [-0.39, 0.29) is 18.4 Å². The van der Waals surface area contributed by atoms with Gasteiger partial charge in [0.2, 0.25) is 11.8 Å². The molecule has 1 aromatic rings. The highest BCUT2D eigenvalue weighted by atomic mass is 35.5. The van der Waals surface area contributed by atoms with Crippen LogP contribution in [0.4, 0.5) is 11.4 Å². The zero-order chi connectivity index (χ0) is 14.3. The number of carbonyl (C=O) groups excluding carboxylic acids is 2. The maximum absolute atomic E-state index is 11.6. The minimum absolute atomic E-state index is 0.0280. The van der Waals surface area contributed by atoms with Crippen molar-refractivity contribution in [2.24, 2.45) is 5.73 Å². The third kappa shape index (κ3) is 2.21. The first-order chi connectivity index (χ1) is 9.56. The van der Waals surface area contributed by atoms with Crippen LogP contribution >= 0.6 is 11.6 Å². The number of halogens is 1. The summed E-state index contributed by atoms with van der Waals surface area (Å²) < 4.78 is 0. The van der Waals surface area contributed by atoms with Crippen molar-refractivity contribution in [1.82, 2.24) is 5.32 Å². The number of nitrogens with one attached hydrogen (secondary N) is 2. The zero-order valence-corrected chi connectivity index (χ0v) is 11.5. The molecular formula is C13H15ClN4O2. The average Bonchev–Trinajstić information content (AvgIpc) is 2.59. The molecule has 2 aliphatic rings. The van der Waals surface area contributed by atoms with Crippen molar-refractivity contribution in [2.45, 2.75) is 12.5 Å². The summed E-state index contributed by atoms with van der Waals surface area (Å²) in [5.41, 5.74) is 7.90. The van der Waals surface area contributed by atoms with Crippen molar-refractivity contribution in [3.8, 4) is 0 Å².